The van der Waals surface area contributed by atoms with Gasteiger partial charge in [-0.05, 0) is 93.3 Å². The summed E-state index contributed by atoms with van der Waals surface area (Å²) in [4.78, 5) is 2.46. The van der Waals surface area contributed by atoms with Gasteiger partial charge in [0.2, 0.25) is 5.13 Å². The largest absolute Gasteiger partial charge is 0.363 e. The van der Waals surface area contributed by atoms with E-state index in [0.717, 1.165) is 62.1 Å². The number of thiophene rings is 1. The zero-order valence-corrected chi connectivity index (χ0v) is 22.2. The summed E-state index contributed by atoms with van der Waals surface area (Å²) in [5.74, 6) is 0. The average Bonchev–Trinajstić information content (AvgIpc) is 3.64. The predicted octanol–water partition coefficient (Wildman–Crippen LogP) is 6.44. The molecule has 36 heavy (non-hydrogen) atoms. The SMILES string of the molecule is Cc1nnc(NNc2ccc(NNc3ccc(NNc4ccc(N5CCCC5)s4)cc3C)cc2C)s1. The maximum Gasteiger partial charge on any atom is 0.224 e. The molecule has 5 rings (SSSR count). The molecule has 0 spiro atoms. The molecule has 0 unspecified atom stereocenters. The zero-order valence-electron chi connectivity index (χ0n) is 20.6. The molecule has 2 aromatic carbocycles. The van der Waals surface area contributed by atoms with Gasteiger partial charge in [0, 0.05) is 13.1 Å². The first-order chi connectivity index (χ1) is 17.5. The van der Waals surface area contributed by atoms with Gasteiger partial charge in [-0.3, -0.25) is 16.3 Å². The molecule has 9 nitrogen and oxygen atoms in total. The van der Waals surface area contributed by atoms with Crippen molar-refractivity contribution in [2.24, 2.45) is 0 Å². The molecule has 11 heteroatoms. The number of aryl methyl sites for hydroxylation is 3. The number of hydrazine groups is 3. The van der Waals surface area contributed by atoms with Gasteiger partial charge in [-0.15, -0.1) is 10.2 Å². The lowest BCUT2D eigenvalue weighted by Crippen LogP contribution is -2.15. The summed E-state index contributed by atoms with van der Waals surface area (Å²) >= 11 is 3.29. The molecule has 0 saturated carbocycles. The third-order valence-electron chi connectivity index (χ3n) is 5.96. The molecular weight excluding hydrogens is 490 g/mol. The second-order valence-electron chi connectivity index (χ2n) is 8.77. The van der Waals surface area contributed by atoms with Crippen molar-refractivity contribution in [3.8, 4) is 0 Å². The Bertz CT molecular complexity index is 1310. The van der Waals surface area contributed by atoms with E-state index in [1.807, 2.05) is 19.1 Å². The smallest absolute Gasteiger partial charge is 0.224 e. The summed E-state index contributed by atoms with van der Waals surface area (Å²) in [6.07, 6.45) is 2.58. The Hall–Kier alpha value is -3.70. The maximum atomic E-state index is 4.06. The number of rotatable bonds is 10. The van der Waals surface area contributed by atoms with Gasteiger partial charge in [-0.25, -0.2) is 0 Å². The molecule has 1 fully saturated rings. The minimum Gasteiger partial charge on any atom is -0.363 e. The van der Waals surface area contributed by atoms with Crippen LogP contribution in [0.1, 0.15) is 29.0 Å². The van der Waals surface area contributed by atoms with Crippen LogP contribution in [0.2, 0.25) is 0 Å². The lowest BCUT2D eigenvalue weighted by molar-refractivity contribution is 0.949. The zero-order chi connectivity index (χ0) is 24.9. The monoisotopic (exact) mass is 521 g/mol. The molecular formula is C25H31N9S2. The minimum atomic E-state index is 0.738. The third-order valence-corrected chi connectivity index (χ3v) is 7.78. The lowest BCUT2D eigenvalue weighted by atomic mass is 10.2. The van der Waals surface area contributed by atoms with Crippen LogP contribution < -0.4 is 37.5 Å². The van der Waals surface area contributed by atoms with Crippen molar-refractivity contribution in [3.05, 3.63) is 64.7 Å². The van der Waals surface area contributed by atoms with Crippen LogP contribution in [0.15, 0.2) is 48.5 Å². The average molecular weight is 522 g/mol. The highest BCUT2D eigenvalue weighted by atomic mass is 32.1. The predicted molar refractivity (Wildman–Crippen MR) is 155 cm³/mol. The Morgan fingerprint density at radius 3 is 1.92 bits per heavy atom. The highest BCUT2D eigenvalue weighted by Crippen LogP contribution is 2.32. The molecule has 6 N–H and O–H groups in total. The third kappa shape index (κ3) is 5.92. The quantitative estimate of drug-likeness (QED) is 0.132. The number of anilines is 7. The first-order valence-corrected chi connectivity index (χ1v) is 13.6. The molecule has 2 aromatic heterocycles. The summed E-state index contributed by atoms with van der Waals surface area (Å²) in [5.41, 5.74) is 25.8. The molecule has 1 saturated heterocycles. The number of nitrogens with one attached hydrogen (secondary N) is 6. The van der Waals surface area contributed by atoms with Crippen molar-refractivity contribution < 1.29 is 0 Å². The first kappa shape index (κ1) is 24.0. The van der Waals surface area contributed by atoms with Gasteiger partial charge in [0.05, 0.1) is 27.8 Å². The van der Waals surface area contributed by atoms with Crippen LogP contribution in [-0.2, 0) is 0 Å². The number of aromatic nitrogens is 2. The van der Waals surface area contributed by atoms with Gasteiger partial charge < -0.3 is 21.2 Å². The van der Waals surface area contributed by atoms with E-state index in [9.17, 15) is 0 Å². The van der Waals surface area contributed by atoms with Crippen molar-refractivity contribution >= 4 is 60.6 Å². The van der Waals surface area contributed by atoms with Gasteiger partial charge in [-0.1, -0.05) is 22.7 Å². The molecule has 188 valence electrons. The fraction of sp³-hybridized carbons (Fsp3) is 0.280. The van der Waals surface area contributed by atoms with Crippen molar-refractivity contribution in [1.82, 2.24) is 10.2 Å². The van der Waals surface area contributed by atoms with Crippen molar-refractivity contribution in [1.29, 1.82) is 0 Å². The molecule has 0 amide bonds. The topological polar surface area (TPSA) is 101 Å². The van der Waals surface area contributed by atoms with Crippen LogP contribution in [-0.4, -0.2) is 23.3 Å². The summed E-state index contributed by atoms with van der Waals surface area (Å²) in [7, 11) is 0. The molecule has 1 aliphatic heterocycles. The fourth-order valence-electron chi connectivity index (χ4n) is 4.01. The highest BCUT2D eigenvalue weighted by molar-refractivity contribution is 7.20. The van der Waals surface area contributed by atoms with Crippen LogP contribution >= 0.6 is 22.7 Å². The van der Waals surface area contributed by atoms with Crippen molar-refractivity contribution in [2.45, 2.75) is 33.6 Å². The van der Waals surface area contributed by atoms with Gasteiger partial charge in [0.25, 0.3) is 0 Å². The van der Waals surface area contributed by atoms with E-state index in [2.05, 4.69) is 97.9 Å². The minimum absolute atomic E-state index is 0.738. The molecule has 4 aromatic rings. The van der Waals surface area contributed by atoms with E-state index in [-0.39, 0.29) is 0 Å². The van der Waals surface area contributed by atoms with E-state index in [4.69, 9.17) is 0 Å². The molecule has 0 aliphatic carbocycles. The molecule has 0 bridgehead atoms. The molecule has 3 heterocycles. The van der Waals surface area contributed by atoms with Gasteiger partial charge in [0.1, 0.15) is 10.0 Å². The van der Waals surface area contributed by atoms with Crippen LogP contribution in [0.25, 0.3) is 0 Å². The standard InChI is InChI=1S/C25H31N9S2/c1-16-15-20(28-31-23-10-11-24(36-23)34-12-4-5-13-34)7-8-21(16)29-27-19-6-9-22(17(2)14-19)30-33-25-32-26-18(3)35-25/h6-11,14-15,27-31H,4-5,12-13H2,1-3H3,(H,32,33). The van der Waals surface area contributed by atoms with E-state index >= 15 is 0 Å². The second kappa shape index (κ2) is 10.9. The first-order valence-electron chi connectivity index (χ1n) is 12.0. The Kier molecular flexibility index (Phi) is 7.28. The number of hydrogen-bond acceptors (Lipinski definition) is 11. The maximum absolute atomic E-state index is 4.06. The normalized spacial score (nSPS) is 12.9. The summed E-state index contributed by atoms with van der Waals surface area (Å²) < 4.78 is 0. The van der Waals surface area contributed by atoms with E-state index in [0.29, 0.717) is 0 Å². The van der Waals surface area contributed by atoms with E-state index < -0.39 is 0 Å². The number of hydrogen-bond donors (Lipinski definition) is 6. The van der Waals surface area contributed by atoms with Crippen LogP contribution in [0.4, 0.5) is 37.9 Å². The Morgan fingerprint density at radius 2 is 1.31 bits per heavy atom. The van der Waals surface area contributed by atoms with Crippen LogP contribution in [0, 0.1) is 20.8 Å². The Labute approximate surface area is 219 Å². The van der Waals surface area contributed by atoms with Gasteiger partial charge >= 0.3 is 0 Å². The summed E-state index contributed by atoms with van der Waals surface area (Å²) in [5, 5.41) is 12.2. The van der Waals surface area contributed by atoms with Crippen LogP contribution in [0.3, 0.4) is 0 Å². The van der Waals surface area contributed by atoms with Crippen molar-refractivity contribution in [2.75, 3.05) is 50.5 Å². The van der Waals surface area contributed by atoms with Crippen molar-refractivity contribution in [3.63, 3.8) is 0 Å². The van der Waals surface area contributed by atoms with Crippen LogP contribution in [0.5, 0.6) is 0 Å². The van der Waals surface area contributed by atoms with E-state index in [1.165, 1.54) is 29.2 Å². The number of benzene rings is 2. The molecule has 0 radical (unpaired) electrons. The fourth-order valence-corrected chi connectivity index (χ4v) is 5.46. The molecule has 0 atom stereocenters. The highest BCUT2D eigenvalue weighted by Gasteiger charge is 2.14. The Balaban J connectivity index is 1.12. The lowest BCUT2D eigenvalue weighted by Gasteiger charge is -2.16. The summed E-state index contributed by atoms with van der Waals surface area (Å²) in [6, 6.07) is 16.7. The summed E-state index contributed by atoms with van der Waals surface area (Å²) in [6.45, 7) is 8.40. The second-order valence-corrected chi connectivity index (χ2v) is 11.0. The molecule has 1 aliphatic rings. The van der Waals surface area contributed by atoms with Gasteiger partial charge in [0.15, 0.2) is 0 Å². The number of nitrogens with zero attached hydrogens (tertiary/aromatic N) is 3. The van der Waals surface area contributed by atoms with Gasteiger partial charge in [-0.2, -0.15) is 0 Å². The Morgan fingerprint density at radius 1 is 0.667 bits per heavy atom. The van der Waals surface area contributed by atoms with E-state index in [1.54, 1.807) is 11.3 Å².